The molecule has 124 valence electrons. The lowest BCUT2D eigenvalue weighted by atomic mass is 10.0. The second-order valence-corrected chi connectivity index (χ2v) is 5.55. The van der Waals surface area contributed by atoms with Crippen LogP contribution < -0.4 is 0 Å². The van der Waals surface area contributed by atoms with Gasteiger partial charge in [0.15, 0.2) is 6.04 Å². The van der Waals surface area contributed by atoms with Crippen molar-refractivity contribution < 1.29 is 9.53 Å². The Balaban J connectivity index is 2.14. The van der Waals surface area contributed by atoms with Crippen LogP contribution in [0.25, 0.3) is 0 Å². The molecule has 0 bridgehead atoms. The second kappa shape index (κ2) is 8.06. The fraction of sp³-hybridized carbons (Fsp3) is 0.0909. The fourth-order valence-electron chi connectivity index (χ4n) is 2.65. The van der Waals surface area contributed by atoms with Gasteiger partial charge in [0.2, 0.25) is 0 Å². The molecule has 0 fully saturated rings. The number of esters is 1. The number of ether oxygens (including phenoxy) is 1. The van der Waals surface area contributed by atoms with Crippen LogP contribution in [0.5, 0.6) is 0 Å². The van der Waals surface area contributed by atoms with E-state index >= 15 is 0 Å². The third-order valence-corrected chi connectivity index (χ3v) is 3.89. The number of nitrogens with zero attached hydrogens (tertiary/aromatic N) is 1. The first-order valence-corrected chi connectivity index (χ1v) is 8.11. The number of hydrogen-bond donors (Lipinski definition) is 0. The zero-order chi connectivity index (χ0) is 17.5. The molecule has 25 heavy (non-hydrogen) atoms. The van der Waals surface area contributed by atoms with Crippen LogP contribution in [0.15, 0.2) is 96.0 Å². The van der Waals surface area contributed by atoms with E-state index in [0.717, 1.165) is 22.4 Å². The summed E-state index contributed by atoms with van der Waals surface area (Å²) in [6.07, 6.45) is 0. The third kappa shape index (κ3) is 4.01. The van der Waals surface area contributed by atoms with Crippen molar-refractivity contribution in [3.63, 3.8) is 0 Å². The molecule has 3 rings (SSSR count). The molecule has 1 atom stereocenters. The Hall–Kier alpha value is -3.20. The first kappa shape index (κ1) is 16.7. The van der Waals surface area contributed by atoms with E-state index in [4.69, 9.17) is 9.73 Å². The van der Waals surface area contributed by atoms with Crippen molar-refractivity contribution in [3.05, 3.63) is 108 Å². The molecule has 0 heterocycles. The van der Waals surface area contributed by atoms with Gasteiger partial charge in [0, 0.05) is 11.1 Å². The van der Waals surface area contributed by atoms with Crippen molar-refractivity contribution in [3.8, 4) is 0 Å². The van der Waals surface area contributed by atoms with E-state index in [1.807, 2.05) is 91.0 Å². The molecule has 0 radical (unpaired) electrons. The van der Waals surface area contributed by atoms with Gasteiger partial charge in [-0.1, -0.05) is 91.0 Å². The SMILES string of the molecule is COC(=O)[C@H](N=C(c1ccccc1)c1ccccc1)c1ccccc1. The average molecular weight is 329 g/mol. The van der Waals surface area contributed by atoms with Gasteiger partial charge >= 0.3 is 5.97 Å². The number of carbonyl (C=O) groups is 1. The maximum absolute atomic E-state index is 12.4. The number of hydrogen-bond acceptors (Lipinski definition) is 3. The van der Waals surface area contributed by atoms with Gasteiger partial charge in [-0.15, -0.1) is 0 Å². The largest absolute Gasteiger partial charge is 0.467 e. The van der Waals surface area contributed by atoms with E-state index in [-0.39, 0.29) is 5.97 Å². The van der Waals surface area contributed by atoms with E-state index in [1.165, 1.54) is 7.11 Å². The molecule has 0 unspecified atom stereocenters. The van der Waals surface area contributed by atoms with Gasteiger partial charge in [0.25, 0.3) is 0 Å². The highest BCUT2D eigenvalue weighted by molar-refractivity contribution is 6.13. The highest BCUT2D eigenvalue weighted by Gasteiger charge is 2.22. The van der Waals surface area contributed by atoms with E-state index in [2.05, 4.69) is 0 Å². The lowest BCUT2D eigenvalue weighted by molar-refractivity contribution is -0.142. The average Bonchev–Trinajstić information content (AvgIpc) is 2.70. The monoisotopic (exact) mass is 329 g/mol. The van der Waals surface area contributed by atoms with Gasteiger partial charge in [0.1, 0.15) is 0 Å². The van der Waals surface area contributed by atoms with Crippen LogP contribution in [0.3, 0.4) is 0 Å². The van der Waals surface area contributed by atoms with Crippen LogP contribution in [-0.2, 0) is 9.53 Å². The van der Waals surface area contributed by atoms with E-state index < -0.39 is 6.04 Å². The molecule has 3 heteroatoms. The molecule has 0 saturated carbocycles. The molecule has 0 aliphatic heterocycles. The molecule has 0 aliphatic carbocycles. The van der Waals surface area contributed by atoms with E-state index in [9.17, 15) is 4.79 Å². The van der Waals surface area contributed by atoms with Crippen molar-refractivity contribution in [1.29, 1.82) is 0 Å². The summed E-state index contributed by atoms with van der Waals surface area (Å²) in [5.41, 5.74) is 3.48. The molecule has 0 amide bonds. The maximum atomic E-state index is 12.4. The van der Waals surface area contributed by atoms with Gasteiger partial charge < -0.3 is 4.74 Å². The minimum absolute atomic E-state index is 0.379. The van der Waals surface area contributed by atoms with Gasteiger partial charge in [-0.2, -0.15) is 0 Å². The smallest absolute Gasteiger partial charge is 0.335 e. The highest BCUT2D eigenvalue weighted by atomic mass is 16.5. The molecular formula is C22H19NO2. The molecule has 0 saturated heterocycles. The Morgan fingerprint density at radius 2 is 1.20 bits per heavy atom. The minimum Gasteiger partial charge on any atom is -0.467 e. The summed E-state index contributed by atoms with van der Waals surface area (Å²) >= 11 is 0. The van der Waals surface area contributed by atoms with E-state index in [1.54, 1.807) is 0 Å². The molecule has 3 aromatic rings. The molecule has 0 aromatic heterocycles. The highest BCUT2D eigenvalue weighted by Crippen LogP contribution is 2.22. The Morgan fingerprint density at radius 1 is 0.760 bits per heavy atom. The zero-order valence-corrected chi connectivity index (χ0v) is 14.0. The Labute approximate surface area is 147 Å². The number of carbonyl (C=O) groups excluding carboxylic acids is 1. The predicted octanol–water partition coefficient (Wildman–Crippen LogP) is 4.44. The van der Waals surface area contributed by atoms with Gasteiger partial charge in [-0.25, -0.2) is 4.79 Å². The van der Waals surface area contributed by atoms with E-state index in [0.29, 0.717) is 0 Å². The van der Waals surface area contributed by atoms with Crippen LogP contribution in [-0.4, -0.2) is 18.8 Å². The minimum atomic E-state index is -0.707. The molecule has 0 aliphatic rings. The first-order chi connectivity index (χ1) is 12.3. The van der Waals surface area contributed by atoms with Crippen molar-refractivity contribution >= 4 is 11.7 Å². The molecule has 0 N–H and O–H groups in total. The first-order valence-electron chi connectivity index (χ1n) is 8.11. The Morgan fingerprint density at radius 3 is 1.64 bits per heavy atom. The van der Waals surface area contributed by atoms with Crippen molar-refractivity contribution in [1.82, 2.24) is 0 Å². The summed E-state index contributed by atoms with van der Waals surface area (Å²) in [5, 5.41) is 0. The lowest BCUT2D eigenvalue weighted by Crippen LogP contribution is -2.16. The molecular weight excluding hydrogens is 310 g/mol. The molecule has 0 spiro atoms. The van der Waals surface area contributed by atoms with Gasteiger partial charge in [-0.3, -0.25) is 4.99 Å². The van der Waals surface area contributed by atoms with Crippen molar-refractivity contribution in [2.24, 2.45) is 4.99 Å². The van der Waals surface area contributed by atoms with Crippen LogP contribution in [0, 0.1) is 0 Å². The maximum Gasteiger partial charge on any atom is 0.335 e. The normalized spacial score (nSPS) is 11.4. The second-order valence-electron chi connectivity index (χ2n) is 5.55. The predicted molar refractivity (Wildman–Crippen MR) is 99.7 cm³/mol. The molecule has 3 aromatic carbocycles. The van der Waals surface area contributed by atoms with Crippen molar-refractivity contribution in [2.75, 3.05) is 7.11 Å². The fourth-order valence-corrected chi connectivity index (χ4v) is 2.65. The summed E-state index contributed by atoms with van der Waals surface area (Å²) in [4.78, 5) is 17.2. The summed E-state index contributed by atoms with van der Waals surface area (Å²) in [5.74, 6) is -0.379. The Bertz CT molecular complexity index is 801. The van der Waals surface area contributed by atoms with Crippen LogP contribution >= 0.6 is 0 Å². The topological polar surface area (TPSA) is 38.7 Å². The zero-order valence-electron chi connectivity index (χ0n) is 14.0. The van der Waals surface area contributed by atoms with Crippen molar-refractivity contribution in [2.45, 2.75) is 6.04 Å². The summed E-state index contributed by atoms with van der Waals surface area (Å²) in [6, 6.07) is 28.5. The summed E-state index contributed by atoms with van der Waals surface area (Å²) in [7, 11) is 1.39. The number of methoxy groups -OCH3 is 1. The Kier molecular flexibility index (Phi) is 5.37. The van der Waals surface area contributed by atoms with Crippen LogP contribution in [0.4, 0.5) is 0 Å². The van der Waals surface area contributed by atoms with Crippen LogP contribution in [0.2, 0.25) is 0 Å². The van der Waals surface area contributed by atoms with Gasteiger partial charge in [-0.05, 0) is 5.56 Å². The number of rotatable bonds is 5. The quantitative estimate of drug-likeness (QED) is 0.513. The lowest BCUT2D eigenvalue weighted by Gasteiger charge is -2.14. The van der Waals surface area contributed by atoms with Gasteiger partial charge in [0.05, 0.1) is 12.8 Å². The summed E-state index contributed by atoms with van der Waals surface area (Å²) < 4.78 is 4.99. The third-order valence-electron chi connectivity index (χ3n) is 3.89. The van der Waals surface area contributed by atoms with Crippen LogP contribution in [0.1, 0.15) is 22.7 Å². The molecule has 3 nitrogen and oxygen atoms in total. The number of benzene rings is 3. The standard InChI is InChI=1S/C22H19NO2/c1-25-22(24)21(19-15-9-4-10-16-19)23-20(17-11-5-2-6-12-17)18-13-7-3-8-14-18/h2-16,21H,1H3/t21-/m1/s1. The summed E-state index contributed by atoms with van der Waals surface area (Å²) in [6.45, 7) is 0. The number of aliphatic imine (C=N–C) groups is 1.